The average molecular weight is 484 g/mol. The molecule has 0 aliphatic carbocycles. The summed E-state index contributed by atoms with van der Waals surface area (Å²) in [6.07, 6.45) is 3.85. The highest BCUT2D eigenvalue weighted by molar-refractivity contribution is 7.89. The van der Waals surface area contributed by atoms with Crippen molar-refractivity contribution in [3.05, 3.63) is 29.3 Å². The second-order valence-electron chi connectivity index (χ2n) is 9.46. The van der Waals surface area contributed by atoms with E-state index in [4.69, 9.17) is 16.3 Å². The molecule has 0 N–H and O–H groups in total. The van der Waals surface area contributed by atoms with Crippen LogP contribution in [0.25, 0.3) is 0 Å². The molecule has 178 valence electrons. The smallest absolute Gasteiger partial charge is 0.243 e. The zero-order valence-electron chi connectivity index (χ0n) is 19.0. The summed E-state index contributed by atoms with van der Waals surface area (Å²) < 4.78 is 33.5. The third kappa shape index (κ3) is 5.30. The predicted octanol–water partition coefficient (Wildman–Crippen LogP) is 2.84. The first-order chi connectivity index (χ1) is 15.2. The van der Waals surface area contributed by atoms with Crippen LogP contribution < -0.4 is 0 Å². The van der Waals surface area contributed by atoms with Gasteiger partial charge in [-0.2, -0.15) is 4.31 Å². The van der Waals surface area contributed by atoms with Crippen LogP contribution in [-0.2, 0) is 19.6 Å². The number of amides is 1. The third-order valence-corrected chi connectivity index (χ3v) is 8.94. The number of morpholine rings is 1. The maximum Gasteiger partial charge on any atom is 0.243 e. The van der Waals surface area contributed by atoms with Crippen molar-refractivity contribution < 1.29 is 17.9 Å². The fourth-order valence-corrected chi connectivity index (χ4v) is 7.05. The molecule has 0 spiro atoms. The van der Waals surface area contributed by atoms with Crippen molar-refractivity contribution >= 4 is 27.5 Å². The van der Waals surface area contributed by atoms with Crippen molar-refractivity contribution in [3.8, 4) is 0 Å². The van der Waals surface area contributed by atoms with Crippen molar-refractivity contribution in [1.82, 2.24) is 14.1 Å². The van der Waals surface area contributed by atoms with E-state index in [0.717, 1.165) is 45.4 Å². The number of sulfonamides is 1. The Bertz CT molecular complexity index is 900. The van der Waals surface area contributed by atoms with Crippen LogP contribution in [0.5, 0.6) is 0 Å². The first-order valence-electron chi connectivity index (χ1n) is 11.7. The number of carbonyl (C=O) groups is 1. The van der Waals surface area contributed by atoms with Gasteiger partial charge in [-0.05, 0) is 63.8 Å². The molecule has 0 radical (unpaired) electrons. The molecule has 9 heteroatoms. The molecular formula is C23H34ClN3O4S. The average Bonchev–Trinajstić information content (AvgIpc) is 3.21. The van der Waals surface area contributed by atoms with Crippen molar-refractivity contribution in [3.63, 3.8) is 0 Å². The molecule has 0 aromatic heterocycles. The summed E-state index contributed by atoms with van der Waals surface area (Å²) in [7, 11) is -3.64. The van der Waals surface area contributed by atoms with Crippen molar-refractivity contribution in [2.24, 2.45) is 5.92 Å². The Morgan fingerprint density at radius 3 is 2.38 bits per heavy atom. The lowest BCUT2D eigenvalue weighted by Gasteiger charge is -2.39. The molecule has 1 amide bonds. The molecule has 3 saturated heterocycles. The van der Waals surface area contributed by atoms with Crippen LogP contribution in [0.1, 0.15) is 39.5 Å². The van der Waals surface area contributed by atoms with E-state index in [1.807, 2.05) is 4.90 Å². The highest BCUT2D eigenvalue weighted by Gasteiger charge is 2.39. The van der Waals surface area contributed by atoms with Crippen LogP contribution in [-0.4, -0.2) is 85.9 Å². The Morgan fingerprint density at radius 2 is 1.69 bits per heavy atom. The summed E-state index contributed by atoms with van der Waals surface area (Å²) in [6.45, 7) is 8.29. The predicted molar refractivity (Wildman–Crippen MR) is 124 cm³/mol. The lowest BCUT2D eigenvalue weighted by Crippen LogP contribution is -2.53. The molecule has 4 atom stereocenters. The zero-order chi connectivity index (χ0) is 22.9. The van der Waals surface area contributed by atoms with Gasteiger partial charge in [0, 0.05) is 50.3 Å². The number of halogens is 1. The van der Waals surface area contributed by atoms with Gasteiger partial charge in [0.15, 0.2) is 0 Å². The van der Waals surface area contributed by atoms with E-state index < -0.39 is 10.0 Å². The number of nitrogens with zero attached hydrogens (tertiary/aromatic N) is 3. The number of hydrogen-bond acceptors (Lipinski definition) is 5. The molecule has 3 heterocycles. The lowest BCUT2D eigenvalue weighted by molar-refractivity contribution is -0.138. The molecule has 4 unspecified atom stereocenters. The number of hydrogen-bond donors (Lipinski definition) is 0. The number of piperidine rings is 1. The standard InChI is InChI=1S/C23H34ClN3O4S/c1-17-13-25(14-18(2)31-17)16-21-6-4-12-27(21)23(28)19-5-3-11-26(15-19)32(29,30)22-9-7-20(24)8-10-22/h7-10,17-19,21H,3-6,11-16H2,1-2H3. The molecule has 3 fully saturated rings. The van der Waals surface area contributed by atoms with Gasteiger partial charge in [0.05, 0.1) is 23.0 Å². The van der Waals surface area contributed by atoms with Crippen LogP contribution in [0.4, 0.5) is 0 Å². The van der Waals surface area contributed by atoms with Gasteiger partial charge in [-0.1, -0.05) is 11.6 Å². The van der Waals surface area contributed by atoms with E-state index in [0.29, 0.717) is 18.0 Å². The maximum atomic E-state index is 13.5. The van der Waals surface area contributed by atoms with E-state index in [2.05, 4.69) is 18.7 Å². The quantitative estimate of drug-likeness (QED) is 0.644. The Kier molecular flexibility index (Phi) is 7.46. The van der Waals surface area contributed by atoms with Gasteiger partial charge in [-0.3, -0.25) is 9.69 Å². The van der Waals surface area contributed by atoms with Crippen molar-refractivity contribution in [1.29, 1.82) is 0 Å². The zero-order valence-corrected chi connectivity index (χ0v) is 20.5. The highest BCUT2D eigenvalue weighted by atomic mass is 35.5. The first-order valence-corrected chi connectivity index (χ1v) is 13.5. The Balaban J connectivity index is 1.41. The molecule has 0 saturated carbocycles. The third-order valence-electron chi connectivity index (χ3n) is 6.81. The molecular weight excluding hydrogens is 450 g/mol. The van der Waals surface area contributed by atoms with Gasteiger partial charge in [-0.15, -0.1) is 0 Å². The monoisotopic (exact) mass is 483 g/mol. The number of carbonyl (C=O) groups excluding carboxylic acids is 1. The maximum absolute atomic E-state index is 13.5. The van der Waals surface area contributed by atoms with Crippen LogP contribution in [0.3, 0.4) is 0 Å². The summed E-state index contributed by atoms with van der Waals surface area (Å²) in [5.74, 6) is -0.174. The normalized spacial score (nSPS) is 30.5. The SMILES string of the molecule is CC1CN(CC2CCCN2C(=O)C2CCCN(S(=O)(=O)c3ccc(Cl)cc3)C2)CC(C)O1. The molecule has 1 aromatic rings. The summed E-state index contributed by atoms with van der Waals surface area (Å²) in [5, 5.41) is 0.500. The van der Waals surface area contributed by atoms with Crippen LogP contribution in [0, 0.1) is 5.92 Å². The van der Waals surface area contributed by atoms with E-state index in [-0.39, 0.29) is 41.5 Å². The van der Waals surface area contributed by atoms with Gasteiger partial charge >= 0.3 is 0 Å². The van der Waals surface area contributed by atoms with Crippen molar-refractivity contribution in [2.75, 3.05) is 39.3 Å². The molecule has 0 bridgehead atoms. The largest absolute Gasteiger partial charge is 0.373 e. The minimum absolute atomic E-state index is 0.109. The highest BCUT2D eigenvalue weighted by Crippen LogP contribution is 2.29. The Hall–Kier alpha value is -1.19. The van der Waals surface area contributed by atoms with Gasteiger partial charge in [0.2, 0.25) is 15.9 Å². The summed E-state index contributed by atoms with van der Waals surface area (Å²) in [5.41, 5.74) is 0. The second kappa shape index (κ2) is 9.97. The number of ether oxygens (including phenoxy) is 1. The fraction of sp³-hybridized carbons (Fsp3) is 0.696. The minimum Gasteiger partial charge on any atom is -0.373 e. The minimum atomic E-state index is -3.64. The fourth-order valence-electron chi connectivity index (χ4n) is 5.40. The van der Waals surface area contributed by atoms with Gasteiger partial charge in [0.1, 0.15) is 0 Å². The molecule has 32 heavy (non-hydrogen) atoms. The topological polar surface area (TPSA) is 70.2 Å². The van der Waals surface area contributed by atoms with Crippen LogP contribution >= 0.6 is 11.6 Å². The van der Waals surface area contributed by atoms with E-state index in [9.17, 15) is 13.2 Å². The number of likely N-dealkylation sites (tertiary alicyclic amines) is 1. The first kappa shape index (κ1) is 24.0. The summed E-state index contributed by atoms with van der Waals surface area (Å²) in [4.78, 5) is 18.1. The van der Waals surface area contributed by atoms with Gasteiger partial charge in [0.25, 0.3) is 0 Å². The van der Waals surface area contributed by atoms with E-state index in [1.165, 1.54) is 16.4 Å². The number of benzene rings is 1. The molecule has 4 rings (SSSR count). The Morgan fingerprint density at radius 1 is 1.03 bits per heavy atom. The lowest BCUT2D eigenvalue weighted by atomic mass is 9.97. The molecule has 7 nitrogen and oxygen atoms in total. The van der Waals surface area contributed by atoms with Crippen molar-refractivity contribution in [2.45, 2.75) is 62.7 Å². The van der Waals surface area contributed by atoms with Gasteiger partial charge in [-0.25, -0.2) is 8.42 Å². The molecule has 1 aromatic carbocycles. The van der Waals surface area contributed by atoms with E-state index in [1.54, 1.807) is 12.1 Å². The van der Waals surface area contributed by atoms with Crippen LogP contribution in [0.15, 0.2) is 29.2 Å². The van der Waals surface area contributed by atoms with Crippen LogP contribution in [0.2, 0.25) is 5.02 Å². The second-order valence-corrected chi connectivity index (χ2v) is 11.8. The number of rotatable bonds is 5. The van der Waals surface area contributed by atoms with E-state index >= 15 is 0 Å². The summed E-state index contributed by atoms with van der Waals surface area (Å²) >= 11 is 5.92. The molecule has 3 aliphatic heterocycles. The molecule has 3 aliphatic rings. The Labute approximate surface area is 196 Å². The summed E-state index contributed by atoms with van der Waals surface area (Å²) in [6, 6.07) is 6.43. The van der Waals surface area contributed by atoms with Gasteiger partial charge < -0.3 is 9.64 Å².